The van der Waals surface area contributed by atoms with Gasteiger partial charge in [0.2, 0.25) is 0 Å². The van der Waals surface area contributed by atoms with Crippen molar-refractivity contribution in [1.29, 1.82) is 0 Å². The minimum Gasteiger partial charge on any atom is -0.331 e. The molecule has 0 aliphatic heterocycles. The fourth-order valence-electron chi connectivity index (χ4n) is 2.38. The van der Waals surface area contributed by atoms with Gasteiger partial charge in [0, 0.05) is 17.9 Å². The number of benzene rings is 2. The van der Waals surface area contributed by atoms with Crippen LogP contribution < -0.4 is 0 Å². The molecule has 0 aliphatic rings. The summed E-state index contributed by atoms with van der Waals surface area (Å²) < 4.78 is 49.7. The molecule has 1 aromatic heterocycles. The second-order valence-corrected chi connectivity index (χ2v) is 7.23. The quantitative estimate of drug-likeness (QED) is 0.787. The number of nitrogens with one attached hydrogen (secondary N) is 1. The van der Waals surface area contributed by atoms with Crippen molar-refractivity contribution in [2.24, 2.45) is 0 Å². The normalized spacial score (nSPS) is 11.6. The van der Waals surface area contributed by atoms with Crippen molar-refractivity contribution in [3.63, 3.8) is 0 Å². The average Bonchev–Trinajstić information content (AvgIpc) is 2.89. The zero-order valence-electron chi connectivity index (χ0n) is 12.2. The SMILES string of the molecule is CS(=O)(=O)c1ccc(-c2[nH]c(F)cc2-c2ccc(F)cc2)cc1. The Labute approximate surface area is 132 Å². The van der Waals surface area contributed by atoms with Gasteiger partial charge in [-0.05, 0) is 35.4 Å². The molecule has 23 heavy (non-hydrogen) atoms. The average molecular weight is 333 g/mol. The summed E-state index contributed by atoms with van der Waals surface area (Å²) in [5.74, 6) is -0.893. The van der Waals surface area contributed by atoms with Gasteiger partial charge >= 0.3 is 0 Å². The summed E-state index contributed by atoms with van der Waals surface area (Å²) in [5, 5.41) is 0. The molecule has 3 nitrogen and oxygen atoms in total. The maximum Gasteiger partial charge on any atom is 0.192 e. The van der Waals surface area contributed by atoms with Gasteiger partial charge in [-0.3, -0.25) is 0 Å². The molecule has 0 bridgehead atoms. The number of rotatable bonds is 3. The highest BCUT2D eigenvalue weighted by molar-refractivity contribution is 7.90. The smallest absolute Gasteiger partial charge is 0.192 e. The van der Waals surface area contributed by atoms with Crippen LogP contribution >= 0.6 is 0 Å². The summed E-state index contributed by atoms with van der Waals surface area (Å²) in [6, 6.07) is 13.2. The van der Waals surface area contributed by atoms with E-state index in [1.54, 1.807) is 24.3 Å². The van der Waals surface area contributed by atoms with E-state index in [2.05, 4.69) is 4.98 Å². The van der Waals surface area contributed by atoms with Crippen molar-refractivity contribution < 1.29 is 17.2 Å². The van der Waals surface area contributed by atoms with Gasteiger partial charge in [0.1, 0.15) is 5.82 Å². The fraction of sp³-hybridized carbons (Fsp3) is 0.0588. The van der Waals surface area contributed by atoms with Crippen LogP contribution in [0.4, 0.5) is 8.78 Å². The van der Waals surface area contributed by atoms with Gasteiger partial charge in [0.05, 0.1) is 10.6 Å². The van der Waals surface area contributed by atoms with Crippen LogP contribution in [0.3, 0.4) is 0 Å². The first kappa shape index (κ1) is 15.4. The van der Waals surface area contributed by atoms with Crippen molar-refractivity contribution >= 4 is 9.84 Å². The first-order valence-electron chi connectivity index (χ1n) is 6.79. The topological polar surface area (TPSA) is 49.9 Å². The molecule has 118 valence electrons. The molecule has 2 aromatic carbocycles. The Hall–Kier alpha value is -2.47. The Morgan fingerprint density at radius 1 is 0.870 bits per heavy atom. The number of halogens is 2. The van der Waals surface area contributed by atoms with Crippen molar-refractivity contribution in [3.8, 4) is 22.4 Å². The molecule has 1 N–H and O–H groups in total. The number of hydrogen-bond donors (Lipinski definition) is 1. The highest BCUT2D eigenvalue weighted by atomic mass is 32.2. The van der Waals surface area contributed by atoms with Crippen LogP contribution in [0, 0.1) is 11.8 Å². The van der Waals surface area contributed by atoms with E-state index in [0.29, 0.717) is 22.4 Å². The van der Waals surface area contributed by atoms with Gasteiger partial charge in [0.25, 0.3) is 0 Å². The predicted octanol–water partition coefficient (Wildman–Crippen LogP) is 4.03. The van der Waals surface area contributed by atoms with Crippen LogP contribution in [0.25, 0.3) is 22.4 Å². The van der Waals surface area contributed by atoms with E-state index in [-0.39, 0.29) is 10.7 Å². The largest absolute Gasteiger partial charge is 0.331 e. The Bertz CT molecular complexity index is 943. The van der Waals surface area contributed by atoms with Crippen LogP contribution in [0.5, 0.6) is 0 Å². The van der Waals surface area contributed by atoms with Gasteiger partial charge in [-0.1, -0.05) is 24.3 Å². The molecule has 0 fully saturated rings. The van der Waals surface area contributed by atoms with Crippen LogP contribution in [0.15, 0.2) is 59.5 Å². The minimum atomic E-state index is -3.29. The Balaban J connectivity index is 2.09. The molecular weight excluding hydrogens is 320 g/mol. The van der Waals surface area contributed by atoms with E-state index in [1.807, 2.05) is 0 Å². The number of aromatic nitrogens is 1. The minimum absolute atomic E-state index is 0.191. The fourth-order valence-corrected chi connectivity index (χ4v) is 3.01. The third kappa shape index (κ3) is 3.17. The van der Waals surface area contributed by atoms with Crippen LogP contribution in [0.1, 0.15) is 0 Å². The molecule has 0 saturated heterocycles. The van der Waals surface area contributed by atoms with Crippen molar-refractivity contribution in [3.05, 3.63) is 66.4 Å². The first-order valence-corrected chi connectivity index (χ1v) is 8.69. The van der Waals surface area contributed by atoms with E-state index >= 15 is 0 Å². The molecule has 0 unspecified atom stereocenters. The Morgan fingerprint density at radius 2 is 1.43 bits per heavy atom. The number of aromatic amines is 1. The standard InChI is InChI=1S/C17H13F2NO2S/c1-23(21,22)14-8-4-12(5-9-14)17-15(10-16(19)20-17)11-2-6-13(18)7-3-11/h2-10,20H,1H3. The van der Waals surface area contributed by atoms with Gasteiger partial charge in [-0.15, -0.1) is 0 Å². The second-order valence-electron chi connectivity index (χ2n) is 5.21. The van der Waals surface area contributed by atoms with Gasteiger partial charge in [0.15, 0.2) is 15.8 Å². The number of H-pyrrole nitrogens is 1. The summed E-state index contributed by atoms with van der Waals surface area (Å²) in [5.41, 5.74) is 2.39. The van der Waals surface area contributed by atoms with Crippen molar-refractivity contribution in [2.45, 2.75) is 4.90 Å². The molecule has 0 atom stereocenters. The highest BCUT2D eigenvalue weighted by Crippen LogP contribution is 2.32. The van der Waals surface area contributed by atoms with Gasteiger partial charge in [-0.25, -0.2) is 12.8 Å². The highest BCUT2D eigenvalue weighted by Gasteiger charge is 2.14. The number of hydrogen-bond acceptors (Lipinski definition) is 2. The summed E-state index contributed by atoms with van der Waals surface area (Å²) in [4.78, 5) is 2.81. The summed E-state index contributed by atoms with van der Waals surface area (Å²) in [7, 11) is -3.29. The molecular formula is C17H13F2NO2S. The van der Waals surface area contributed by atoms with Gasteiger partial charge in [-0.2, -0.15) is 4.39 Å². The second kappa shape index (κ2) is 5.62. The maximum absolute atomic E-state index is 13.7. The molecule has 1 heterocycles. The first-order chi connectivity index (χ1) is 10.8. The zero-order chi connectivity index (χ0) is 16.6. The lowest BCUT2D eigenvalue weighted by molar-refractivity contribution is 0.592. The molecule has 0 aliphatic carbocycles. The summed E-state index contributed by atoms with van der Waals surface area (Å²) in [6.45, 7) is 0. The van der Waals surface area contributed by atoms with Crippen LogP contribution in [0.2, 0.25) is 0 Å². The van der Waals surface area contributed by atoms with E-state index in [0.717, 1.165) is 6.26 Å². The Morgan fingerprint density at radius 3 is 2.00 bits per heavy atom. The van der Waals surface area contributed by atoms with Crippen molar-refractivity contribution in [2.75, 3.05) is 6.26 Å². The molecule has 6 heteroatoms. The van der Waals surface area contributed by atoms with Crippen LogP contribution in [-0.2, 0) is 9.84 Å². The lowest BCUT2D eigenvalue weighted by Crippen LogP contribution is -1.96. The molecule has 3 rings (SSSR count). The third-order valence-corrected chi connectivity index (χ3v) is 4.64. The summed E-state index contributed by atoms with van der Waals surface area (Å²) in [6.07, 6.45) is 1.13. The molecule has 0 amide bonds. The molecule has 3 aromatic rings. The monoisotopic (exact) mass is 333 g/mol. The third-order valence-electron chi connectivity index (χ3n) is 3.51. The summed E-state index contributed by atoms with van der Waals surface area (Å²) >= 11 is 0. The predicted molar refractivity (Wildman–Crippen MR) is 84.7 cm³/mol. The lowest BCUT2D eigenvalue weighted by atomic mass is 10.0. The van der Waals surface area contributed by atoms with E-state index < -0.39 is 15.8 Å². The van der Waals surface area contributed by atoms with E-state index in [9.17, 15) is 17.2 Å². The Kier molecular flexibility index (Phi) is 3.77. The van der Waals surface area contributed by atoms with E-state index in [4.69, 9.17) is 0 Å². The number of sulfone groups is 1. The molecule has 0 spiro atoms. The molecule has 0 saturated carbocycles. The van der Waals surface area contributed by atoms with Crippen LogP contribution in [-0.4, -0.2) is 19.7 Å². The van der Waals surface area contributed by atoms with Gasteiger partial charge < -0.3 is 4.98 Å². The van der Waals surface area contributed by atoms with Crippen molar-refractivity contribution in [1.82, 2.24) is 4.98 Å². The molecule has 0 radical (unpaired) electrons. The van der Waals surface area contributed by atoms with E-state index in [1.165, 1.54) is 30.3 Å². The zero-order valence-corrected chi connectivity index (χ0v) is 13.0. The maximum atomic E-state index is 13.7. The lowest BCUT2D eigenvalue weighted by Gasteiger charge is -2.06.